The average Bonchev–Trinajstić information content (AvgIpc) is 3.32. The summed E-state index contributed by atoms with van der Waals surface area (Å²) in [5, 5.41) is 25.5. The highest BCUT2D eigenvalue weighted by atomic mass is 32.1. The van der Waals surface area contributed by atoms with E-state index in [2.05, 4.69) is 10.3 Å². The van der Waals surface area contributed by atoms with Gasteiger partial charge in [-0.3, -0.25) is 5.21 Å². The summed E-state index contributed by atoms with van der Waals surface area (Å²) in [6.45, 7) is 0. The first-order valence-electron chi connectivity index (χ1n) is 7.83. The number of furan rings is 1. The Labute approximate surface area is 153 Å². The van der Waals surface area contributed by atoms with Crippen molar-refractivity contribution in [2.75, 3.05) is 10.5 Å². The SMILES string of the molecule is [O-]N(O)c1ccc(-c2ccc(-c3csc(Nc4ccccc4)n3)o2)cc1. The molecule has 0 saturated heterocycles. The van der Waals surface area contributed by atoms with Gasteiger partial charge in [-0.25, -0.2) is 4.98 Å². The lowest BCUT2D eigenvalue weighted by Crippen LogP contribution is -2.06. The summed E-state index contributed by atoms with van der Waals surface area (Å²) in [7, 11) is 0. The molecule has 6 nitrogen and oxygen atoms in total. The molecule has 0 unspecified atom stereocenters. The molecule has 7 heteroatoms. The molecule has 0 bridgehead atoms. The molecule has 0 radical (unpaired) electrons. The Kier molecular flexibility index (Phi) is 4.40. The summed E-state index contributed by atoms with van der Waals surface area (Å²) in [4.78, 5) is 4.55. The van der Waals surface area contributed by atoms with E-state index in [1.165, 1.54) is 23.5 Å². The summed E-state index contributed by atoms with van der Waals surface area (Å²) in [5.41, 5.74) is 2.69. The summed E-state index contributed by atoms with van der Waals surface area (Å²) >= 11 is 1.50. The molecule has 4 rings (SSSR count). The number of nitrogens with one attached hydrogen (secondary N) is 1. The molecule has 4 aromatic rings. The lowest BCUT2D eigenvalue weighted by molar-refractivity contribution is 0.296. The summed E-state index contributed by atoms with van der Waals surface area (Å²) in [6.07, 6.45) is 0. The van der Waals surface area contributed by atoms with E-state index in [4.69, 9.17) is 9.62 Å². The summed E-state index contributed by atoms with van der Waals surface area (Å²) in [6, 6.07) is 20.0. The van der Waals surface area contributed by atoms with Crippen LogP contribution in [0.4, 0.5) is 16.5 Å². The van der Waals surface area contributed by atoms with E-state index < -0.39 is 0 Å². The second-order valence-electron chi connectivity index (χ2n) is 5.51. The number of nitrogens with zero attached hydrogens (tertiary/aromatic N) is 2. The fourth-order valence-electron chi connectivity index (χ4n) is 2.47. The Morgan fingerprint density at radius 1 is 0.962 bits per heavy atom. The lowest BCUT2D eigenvalue weighted by atomic mass is 10.1. The van der Waals surface area contributed by atoms with Gasteiger partial charge in [0.1, 0.15) is 11.5 Å². The van der Waals surface area contributed by atoms with Crippen LogP contribution in [-0.2, 0) is 0 Å². The van der Waals surface area contributed by atoms with Gasteiger partial charge in [-0.2, -0.15) is 0 Å². The van der Waals surface area contributed by atoms with Crippen molar-refractivity contribution in [3.8, 4) is 22.8 Å². The maximum absolute atomic E-state index is 10.9. The minimum Gasteiger partial charge on any atom is -0.733 e. The fourth-order valence-corrected chi connectivity index (χ4v) is 3.19. The maximum atomic E-state index is 10.9. The Morgan fingerprint density at radius 2 is 1.69 bits per heavy atom. The molecular weight excluding hydrogens is 350 g/mol. The minimum atomic E-state index is -0.173. The molecule has 2 N–H and O–H groups in total. The predicted molar refractivity (Wildman–Crippen MR) is 103 cm³/mol. The monoisotopic (exact) mass is 364 g/mol. The molecule has 0 aliphatic rings. The first-order valence-corrected chi connectivity index (χ1v) is 8.71. The number of hydrogen-bond acceptors (Lipinski definition) is 7. The average molecular weight is 364 g/mol. The molecule has 2 aromatic heterocycles. The molecule has 0 amide bonds. The predicted octanol–water partition coefficient (Wildman–Crippen LogP) is 5.51. The van der Waals surface area contributed by atoms with Crippen LogP contribution in [0.25, 0.3) is 22.8 Å². The smallest absolute Gasteiger partial charge is 0.187 e. The van der Waals surface area contributed by atoms with Crippen molar-refractivity contribution in [3.63, 3.8) is 0 Å². The second-order valence-corrected chi connectivity index (χ2v) is 6.37. The molecular formula is C19H14N3O3S-. The van der Waals surface area contributed by atoms with Crippen LogP contribution in [0, 0.1) is 5.21 Å². The number of anilines is 3. The van der Waals surface area contributed by atoms with Gasteiger partial charge in [0.05, 0.1) is 5.69 Å². The topological polar surface area (TPSA) is 84.6 Å². The first kappa shape index (κ1) is 16.3. The van der Waals surface area contributed by atoms with Crippen molar-refractivity contribution < 1.29 is 9.62 Å². The Hall–Kier alpha value is -3.13. The molecule has 2 heterocycles. The van der Waals surface area contributed by atoms with Crippen LogP contribution in [0.5, 0.6) is 0 Å². The van der Waals surface area contributed by atoms with E-state index in [0.717, 1.165) is 22.1 Å². The third kappa shape index (κ3) is 3.45. The Bertz CT molecular complexity index is 994. The zero-order valence-electron chi connectivity index (χ0n) is 13.5. The quantitative estimate of drug-likeness (QED) is 0.454. The van der Waals surface area contributed by atoms with E-state index >= 15 is 0 Å². The lowest BCUT2D eigenvalue weighted by Gasteiger charge is -2.21. The Morgan fingerprint density at radius 3 is 2.42 bits per heavy atom. The highest BCUT2D eigenvalue weighted by Crippen LogP contribution is 2.32. The van der Waals surface area contributed by atoms with E-state index in [0.29, 0.717) is 11.5 Å². The van der Waals surface area contributed by atoms with Crippen LogP contribution in [0.15, 0.2) is 76.5 Å². The van der Waals surface area contributed by atoms with Crippen LogP contribution in [0.1, 0.15) is 0 Å². The van der Waals surface area contributed by atoms with E-state index in [9.17, 15) is 5.21 Å². The maximum Gasteiger partial charge on any atom is 0.187 e. The minimum absolute atomic E-state index is 0.164. The molecule has 0 atom stereocenters. The van der Waals surface area contributed by atoms with Crippen molar-refractivity contribution in [1.82, 2.24) is 4.98 Å². The molecule has 2 aromatic carbocycles. The third-order valence-electron chi connectivity index (χ3n) is 3.76. The summed E-state index contributed by atoms with van der Waals surface area (Å²) in [5.74, 6) is 1.32. The van der Waals surface area contributed by atoms with Crippen LogP contribution >= 0.6 is 11.3 Å². The van der Waals surface area contributed by atoms with Gasteiger partial charge in [0.15, 0.2) is 10.9 Å². The molecule has 130 valence electrons. The van der Waals surface area contributed by atoms with Gasteiger partial charge >= 0.3 is 0 Å². The van der Waals surface area contributed by atoms with Gasteiger partial charge < -0.3 is 20.2 Å². The molecule has 0 aliphatic heterocycles. The number of para-hydroxylation sites is 1. The molecule has 0 aliphatic carbocycles. The van der Waals surface area contributed by atoms with Crippen LogP contribution in [-0.4, -0.2) is 10.2 Å². The van der Waals surface area contributed by atoms with Crippen molar-refractivity contribution in [1.29, 1.82) is 0 Å². The van der Waals surface area contributed by atoms with Gasteiger partial charge in [-0.1, -0.05) is 18.2 Å². The van der Waals surface area contributed by atoms with Gasteiger partial charge in [-0.05, 0) is 48.5 Å². The molecule has 0 saturated carbocycles. The largest absolute Gasteiger partial charge is 0.733 e. The van der Waals surface area contributed by atoms with Gasteiger partial charge in [0.2, 0.25) is 0 Å². The first-order chi connectivity index (χ1) is 12.7. The Balaban J connectivity index is 1.53. The van der Waals surface area contributed by atoms with Crippen molar-refractivity contribution in [2.45, 2.75) is 0 Å². The summed E-state index contributed by atoms with van der Waals surface area (Å²) < 4.78 is 5.88. The number of aromatic nitrogens is 1. The second kappa shape index (κ2) is 7.01. The molecule has 0 spiro atoms. The molecule has 0 fully saturated rings. The highest BCUT2D eigenvalue weighted by Gasteiger charge is 2.11. The van der Waals surface area contributed by atoms with Crippen LogP contribution < -0.4 is 10.5 Å². The zero-order valence-corrected chi connectivity index (χ0v) is 14.3. The van der Waals surface area contributed by atoms with Crippen LogP contribution in [0.3, 0.4) is 0 Å². The van der Waals surface area contributed by atoms with Crippen molar-refractivity contribution >= 4 is 27.8 Å². The van der Waals surface area contributed by atoms with Crippen molar-refractivity contribution in [3.05, 3.63) is 77.3 Å². The third-order valence-corrected chi connectivity index (χ3v) is 4.52. The molecule has 26 heavy (non-hydrogen) atoms. The van der Waals surface area contributed by atoms with E-state index in [1.54, 1.807) is 12.1 Å². The van der Waals surface area contributed by atoms with Gasteiger partial charge in [0, 0.05) is 16.6 Å². The highest BCUT2D eigenvalue weighted by molar-refractivity contribution is 7.14. The number of thiazole rings is 1. The number of benzene rings is 2. The van der Waals surface area contributed by atoms with Crippen LogP contribution in [0.2, 0.25) is 0 Å². The zero-order chi connectivity index (χ0) is 17.9. The normalized spacial score (nSPS) is 10.7. The standard InChI is InChI=1S/C19H14N3O3S/c23-22(24)15-8-6-13(7-9-15)17-10-11-18(25-17)16-12-26-19(21-16)20-14-4-2-1-3-5-14/h1-12,23H,(H,20,21)/q-1. The number of hydrogen-bond donors (Lipinski definition) is 2. The van der Waals surface area contributed by atoms with Gasteiger partial charge in [-0.15, -0.1) is 11.3 Å². The number of rotatable bonds is 5. The fraction of sp³-hybridized carbons (Fsp3) is 0. The van der Waals surface area contributed by atoms with Gasteiger partial charge in [0.25, 0.3) is 0 Å². The van der Waals surface area contributed by atoms with Crippen molar-refractivity contribution in [2.24, 2.45) is 0 Å². The van der Waals surface area contributed by atoms with E-state index in [-0.39, 0.29) is 10.9 Å². The van der Waals surface area contributed by atoms with E-state index in [1.807, 2.05) is 47.8 Å².